The molecule has 1 nitrogen and oxygen atoms in total. The Kier molecular flexibility index (Phi) is 0.799. The maximum absolute atomic E-state index is 12.7. The minimum absolute atomic E-state index is 0.153. The molecule has 2 atom stereocenters. The van der Waals surface area contributed by atoms with Gasteiger partial charge >= 0.3 is 0 Å². The van der Waals surface area contributed by atoms with Gasteiger partial charge < -0.3 is 4.74 Å². The van der Waals surface area contributed by atoms with Crippen molar-refractivity contribution in [2.45, 2.75) is 18.4 Å². The molecule has 56 valence electrons. The highest BCUT2D eigenvalue weighted by Crippen LogP contribution is 2.53. The van der Waals surface area contributed by atoms with Gasteiger partial charge in [-0.25, -0.2) is 4.39 Å². The number of hydrogen-bond acceptors (Lipinski definition) is 1. The summed E-state index contributed by atoms with van der Waals surface area (Å²) in [5.41, 5.74) is 1.06. The van der Waals surface area contributed by atoms with E-state index < -0.39 is 0 Å². The van der Waals surface area contributed by atoms with Crippen molar-refractivity contribution in [3.05, 3.63) is 29.6 Å². The Morgan fingerprint density at radius 3 is 3.27 bits per heavy atom. The van der Waals surface area contributed by atoms with Gasteiger partial charge in [-0.15, -0.1) is 0 Å². The molecule has 0 spiro atoms. The molecule has 1 aromatic carbocycles. The molecule has 3 rings (SSSR count). The predicted molar refractivity (Wildman–Crippen MR) is 38.2 cm³/mol. The van der Waals surface area contributed by atoms with Crippen molar-refractivity contribution in [1.29, 1.82) is 0 Å². The molecule has 0 amide bonds. The summed E-state index contributed by atoms with van der Waals surface area (Å²) in [4.78, 5) is 0. The topological polar surface area (TPSA) is 9.23 Å². The van der Waals surface area contributed by atoms with Crippen LogP contribution in [-0.4, -0.2) is 6.10 Å². The fourth-order valence-electron chi connectivity index (χ4n) is 1.71. The maximum Gasteiger partial charge on any atom is 0.123 e. The predicted octanol–water partition coefficient (Wildman–Crippen LogP) is 2.07. The van der Waals surface area contributed by atoms with E-state index in [-0.39, 0.29) is 5.82 Å². The molecule has 1 aliphatic heterocycles. The van der Waals surface area contributed by atoms with Crippen LogP contribution in [0.25, 0.3) is 0 Å². The highest BCUT2D eigenvalue weighted by Gasteiger charge is 2.47. The van der Waals surface area contributed by atoms with E-state index in [0.29, 0.717) is 12.0 Å². The largest absolute Gasteiger partial charge is 0.489 e. The zero-order valence-electron chi connectivity index (χ0n) is 5.88. The minimum Gasteiger partial charge on any atom is -0.489 e. The molecule has 0 saturated heterocycles. The van der Waals surface area contributed by atoms with E-state index in [1.54, 1.807) is 12.1 Å². The first-order chi connectivity index (χ1) is 5.34. The summed E-state index contributed by atoms with van der Waals surface area (Å²) >= 11 is 0. The van der Waals surface area contributed by atoms with Crippen molar-refractivity contribution >= 4 is 0 Å². The molecule has 0 bridgehead atoms. The Bertz CT molecular complexity index is 321. The smallest absolute Gasteiger partial charge is 0.123 e. The molecule has 2 heteroatoms. The van der Waals surface area contributed by atoms with E-state index in [1.807, 2.05) is 0 Å². The number of benzene rings is 1. The minimum atomic E-state index is -0.153. The van der Waals surface area contributed by atoms with E-state index in [4.69, 9.17) is 4.74 Å². The fourth-order valence-corrected chi connectivity index (χ4v) is 1.71. The summed E-state index contributed by atoms with van der Waals surface area (Å²) in [6, 6.07) is 4.76. The SMILES string of the molecule is Fc1ccc2c(c1)[C@@H]1C[C@@H]1O2. The standard InChI is InChI=1S/C9H7FO/c10-5-1-2-8-6(3-5)7-4-9(7)11-8/h1-3,7,9H,4H2/t7-,9-/m0/s1. The van der Waals surface area contributed by atoms with Crippen LogP contribution in [0, 0.1) is 5.82 Å². The van der Waals surface area contributed by atoms with Crippen LogP contribution in [0.15, 0.2) is 18.2 Å². The summed E-state index contributed by atoms with van der Waals surface area (Å²) in [5, 5.41) is 0. The van der Waals surface area contributed by atoms with Crippen LogP contribution in [0.2, 0.25) is 0 Å². The third-order valence-electron chi connectivity index (χ3n) is 2.38. The van der Waals surface area contributed by atoms with Gasteiger partial charge in [0, 0.05) is 11.5 Å². The van der Waals surface area contributed by atoms with Crippen molar-refractivity contribution in [2.75, 3.05) is 0 Å². The van der Waals surface area contributed by atoms with Crippen molar-refractivity contribution in [3.63, 3.8) is 0 Å². The maximum atomic E-state index is 12.7. The summed E-state index contributed by atoms with van der Waals surface area (Å²) in [6.07, 6.45) is 1.45. The van der Waals surface area contributed by atoms with Crippen LogP contribution in [0.5, 0.6) is 5.75 Å². The number of rotatable bonds is 0. The Balaban J connectivity index is 2.20. The Morgan fingerprint density at radius 1 is 1.45 bits per heavy atom. The van der Waals surface area contributed by atoms with Crippen LogP contribution in [0.1, 0.15) is 17.9 Å². The molecule has 2 aliphatic rings. The van der Waals surface area contributed by atoms with Gasteiger partial charge in [0.25, 0.3) is 0 Å². The van der Waals surface area contributed by atoms with Gasteiger partial charge in [-0.2, -0.15) is 0 Å². The van der Waals surface area contributed by atoms with E-state index in [1.165, 1.54) is 6.07 Å². The first-order valence-corrected chi connectivity index (χ1v) is 3.81. The second kappa shape index (κ2) is 1.58. The van der Waals surface area contributed by atoms with Crippen LogP contribution in [-0.2, 0) is 0 Å². The number of fused-ring (bicyclic) bond motifs is 3. The van der Waals surface area contributed by atoms with Gasteiger partial charge in [0.2, 0.25) is 0 Å². The molecule has 0 radical (unpaired) electrons. The van der Waals surface area contributed by atoms with Gasteiger partial charge in [-0.1, -0.05) is 0 Å². The van der Waals surface area contributed by atoms with Gasteiger partial charge in [0.15, 0.2) is 0 Å². The van der Waals surface area contributed by atoms with E-state index in [0.717, 1.165) is 17.7 Å². The van der Waals surface area contributed by atoms with Gasteiger partial charge in [-0.05, 0) is 24.6 Å². The molecule has 1 aliphatic carbocycles. The second-order valence-corrected chi connectivity index (χ2v) is 3.18. The summed E-state index contributed by atoms with van der Waals surface area (Å²) in [5.74, 6) is 1.23. The van der Waals surface area contributed by atoms with Crippen molar-refractivity contribution < 1.29 is 9.13 Å². The van der Waals surface area contributed by atoms with E-state index in [9.17, 15) is 4.39 Å². The van der Waals surface area contributed by atoms with Crippen LogP contribution in [0.3, 0.4) is 0 Å². The second-order valence-electron chi connectivity index (χ2n) is 3.18. The molecule has 0 aromatic heterocycles. The first-order valence-electron chi connectivity index (χ1n) is 3.81. The van der Waals surface area contributed by atoms with Crippen LogP contribution < -0.4 is 4.74 Å². The highest BCUT2D eigenvalue weighted by atomic mass is 19.1. The van der Waals surface area contributed by atoms with Gasteiger partial charge in [-0.3, -0.25) is 0 Å². The average Bonchev–Trinajstić information content (AvgIpc) is 2.67. The van der Waals surface area contributed by atoms with Gasteiger partial charge in [0.1, 0.15) is 17.7 Å². The lowest BCUT2D eigenvalue weighted by Crippen LogP contribution is -1.90. The lowest BCUT2D eigenvalue weighted by molar-refractivity contribution is 0.318. The third kappa shape index (κ3) is 0.642. The molecule has 0 N–H and O–H groups in total. The quantitative estimate of drug-likeness (QED) is 0.550. The average molecular weight is 150 g/mol. The Labute approximate surface area is 63.8 Å². The molecule has 0 unspecified atom stereocenters. The Morgan fingerprint density at radius 2 is 2.36 bits per heavy atom. The lowest BCUT2D eigenvalue weighted by Gasteiger charge is -2.01. The monoisotopic (exact) mass is 150 g/mol. The molecule has 1 saturated carbocycles. The van der Waals surface area contributed by atoms with Crippen LogP contribution >= 0.6 is 0 Å². The van der Waals surface area contributed by atoms with E-state index in [2.05, 4.69) is 0 Å². The summed E-state index contributed by atoms with van der Waals surface area (Å²) in [7, 11) is 0. The third-order valence-corrected chi connectivity index (χ3v) is 2.38. The lowest BCUT2D eigenvalue weighted by atomic mass is 10.1. The Hall–Kier alpha value is -1.05. The zero-order chi connectivity index (χ0) is 7.42. The molecule has 1 aromatic rings. The zero-order valence-corrected chi connectivity index (χ0v) is 5.88. The molecule has 1 fully saturated rings. The fraction of sp³-hybridized carbons (Fsp3) is 0.333. The number of halogens is 1. The van der Waals surface area contributed by atoms with Crippen molar-refractivity contribution in [3.8, 4) is 5.75 Å². The van der Waals surface area contributed by atoms with Crippen LogP contribution in [0.4, 0.5) is 4.39 Å². The number of hydrogen-bond donors (Lipinski definition) is 0. The van der Waals surface area contributed by atoms with E-state index >= 15 is 0 Å². The number of ether oxygens (including phenoxy) is 1. The summed E-state index contributed by atoms with van der Waals surface area (Å²) < 4.78 is 18.2. The van der Waals surface area contributed by atoms with Crippen molar-refractivity contribution in [2.24, 2.45) is 0 Å². The molecular weight excluding hydrogens is 143 g/mol. The molecular formula is C9H7FO. The highest BCUT2D eigenvalue weighted by molar-refractivity contribution is 5.45. The van der Waals surface area contributed by atoms with Crippen molar-refractivity contribution in [1.82, 2.24) is 0 Å². The normalized spacial score (nSPS) is 30.6. The van der Waals surface area contributed by atoms with Gasteiger partial charge in [0.05, 0.1) is 0 Å². The first kappa shape index (κ1) is 5.58. The molecule has 1 heterocycles. The summed E-state index contributed by atoms with van der Waals surface area (Å²) in [6.45, 7) is 0. The molecule has 11 heavy (non-hydrogen) atoms.